The van der Waals surface area contributed by atoms with Crippen LogP contribution in [-0.2, 0) is 52.6 Å². The number of primary amides is 2. The number of benzene rings is 5. The van der Waals surface area contributed by atoms with Crippen LogP contribution < -0.4 is 63.3 Å². The van der Waals surface area contributed by atoms with Crippen LogP contribution in [0.4, 0.5) is 0 Å². The summed E-state index contributed by atoms with van der Waals surface area (Å²) in [5.74, 6) is -16.2. The topological polar surface area (TPSA) is 570 Å². The number of hydrogen-bond donors (Lipinski definition) is 19. The van der Waals surface area contributed by atoms with Crippen molar-refractivity contribution in [2.24, 2.45) is 23.1 Å². The van der Waals surface area contributed by atoms with Crippen molar-refractivity contribution < 1.29 is 118 Å². The van der Waals surface area contributed by atoms with Gasteiger partial charge in [0.1, 0.15) is 77.3 Å². The molecular weight excluding hydrogens is 1510 g/mol. The minimum absolute atomic E-state index is 0.0167. The normalized spacial score (nSPS) is 25.8. The number of aromatic nitrogens is 2. The Labute approximate surface area is 641 Å². The highest BCUT2D eigenvalue weighted by molar-refractivity contribution is 7.99. The average molecular weight is 1590 g/mol. The second kappa shape index (κ2) is 34.1. The summed E-state index contributed by atoms with van der Waals surface area (Å²) in [6.45, 7) is 9.64. The second-order valence-electron chi connectivity index (χ2n) is 27.7. The van der Waals surface area contributed by atoms with Gasteiger partial charge in [-0.1, -0.05) is 67.0 Å². The van der Waals surface area contributed by atoms with Crippen LogP contribution in [-0.4, -0.2) is 200 Å². The molecule has 2 fully saturated rings. The van der Waals surface area contributed by atoms with Gasteiger partial charge in [0.2, 0.25) is 59.3 Å². The van der Waals surface area contributed by atoms with E-state index in [1.54, 1.807) is 6.92 Å². The zero-order valence-electron chi connectivity index (χ0n) is 59.8. The fourth-order valence-electron chi connectivity index (χ4n) is 13.0. The Morgan fingerprint density at radius 3 is 2.14 bits per heavy atom. The summed E-state index contributed by atoms with van der Waals surface area (Å²) >= 11 is 15.1. The number of rotatable bonds is 22. The number of phenols is 3. The number of aliphatic carboxylic acids is 1. The van der Waals surface area contributed by atoms with Crippen molar-refractivity contribution in [3.05, 3.63) is 128 Å². The smallest absolute Gasteiger partial charge is 0.330 e. The standard InChI is InChI=1S/C72H83Cl2N11O24S/c1-26(2)14-40(78-7)65(98)84-54(67(100)80-39(63(76)96)23-48(75)89)56(91)31-9-12-43(37(73)17-31)105-45-19-33-20-46(60(45)109-70-61(108-50-24-72(6,77)62(95)29(5)104-50)59(94)58(93)47(107-70)25-110-71-79-27(3)15-49(90)81-71)106-44-13-10-32(18-38(44)74)57(92)55-68(101)83-53(69(102)103)36-21-34(86)22-42(88)51(36)35-16-30(8-11-41(35)87)52(66(99)85-55)82-64(97)28(33)4/h8-13,15-22,26,28-29,39-40,47,50,52-59,61-62,70,78,86-88,91-95H,14,23-25,77H2,1-7H3,(H2,75,89)(H2,76,96)(H,80,100)(H,82,97)(H,83,101)(H,84,98)(H,85,99)(H,102,103)(H,79,81,90)/t28-,29?,39+,40+,47?,50?,52-,53-,54-,55?,56-,57-,58?,59?,61?,62?,70?,72?/m1/s1. The number of carboxylic acid groups (broad SMARTS) is 1. The van der Waals surface area contributed by atoms with E-state index in [-0.39, 0.29) is 79.0 Å². The summed E-state index contributed by atoms with van der Waals surface area (Å²) < 4.78 is 39.4. The molecule has 0 aliphatic carbocycles. The summed E-state index contributed by atoms with van der Waals surface area (Å²) in [7, 11) is 1.49. The molecule has 5 aromatic carbocycles. The lowest BCUT2D eigenvalue weighted by Gasteiger charge is -2.47. The Morgan fingerprint density at radius 2 is 1.49 bits per heavy atom. The molecule has 110 heavy (non-hydrogen) atoms. The Morgan fingerprint density at radius 1 is 0.773 bits per heavy atom. The first-order chi connectivity index (χ1) is 51.8. The lowest BCUT2D eigenvalue weighted by molar-refractivity contribution is -0.329. The van der Waals surface area contributed by atoms with Crippen LogP contribution in [0.3, 0.4) is 0 Å². The molecule has 10 unspecified atom stereocenters. The molecule has 5 aliphatic heterocycles. The maximum absolute atomic E-state index is 15.4. The van der Waals surface area contributed by atoms with E-state index >= 15 is 9.59 Å². The van der Waals surface area contributed by atoms with Gasteiger partial charge in [-0.3, -0.25) is 33.6 Å². The van der Waals surface area contributed by atoms with Crippen LogP contribution in [0.5, 0.6) is 51.9 Å². The highest BCUT2D eigenvalue weighted by atomic mass is 35.5. The first-order valence-corrected chi connectivity index (χ1v) is 36.1. The van der Waals surface area contributed by atoms with E-state index in [4.69, 9.17) is 68.8 Å². The molecule has 5 aliphatic rings. The quantitative estimate of drug-likeness (QED) is 0.0342. The van der Waals surface area contributed by atoms with Crippen molar-refractivity contribution in [3.63, 3.8) is 0 Å². The number of thioether (sulfide) groups is 1. The fourth-order valence-corrected chi connectivity index (χ4v) is 14.4. The van der Waals surface area contributed by atoms with Gasteiger partial charge in [0.25, 0.3) is 0 Å². The molecule has 35 nitrogen and oxygen atoms in total. The third-order valence-corrected chi connectivity index (χ3v) is 20.4. The summed E-state index contributed by atoms with van der Waals surface area (Å²) in [6, 6.07) is 4.92. The molecule has 18 atom stereocenters. The molecule has 7 amide bonds. The number of aliphatic hydroxyl groups excluding tert-OH is 5. The molecular formula is C72H83Cl2N11O24S. The Kier molecular flexibility index (Phi) is 25.6. The number of aromatic hydroxyl groups is 4. The van der Waals surface area contributed by atoms with Gasteiger partial charge in [-0.05, 0) is 124 Å². The predicted octanol–water partition coefficient (Wildman–Crippen LogP) is 2.13. The van der Waals surface area contributed by atoms with E-state index < -0.39 is 214 Å². The van der Waals surface area contributed by atoms with Crippen molar-refractivity contribution in [3.8, 4) is 63.0 Å². The number of amides is 7. The lowest BCUT2D eigenvalue weighted by Crippen LogP contribution is -2.64. The number of carbonyl (C=O) groups excluding carboxylic acids is 7. The van der Waals surface area contributed by atoms with Gasteiger partial charge in [-0.25, -0.2) is 9.78 Å². The van der Waals surface area contributed by atoms with Crippen LogP contribution in [0.2, 0.25) is 10.0 Å². The van der Waals surface area contributed by atoms with Gasteiger partial charge in [0, 0.05) is 52.2 Å². The van der Waals surface area contributed by atoms with Crippen molar-refractivity contribution in [2.75, 3.05) is 12.8 Å². The van der Waals surface area contributed by atoms with E-state index in [2.05, 4.69) is 41.9 Å². The number of aliphatic hydroxyl groups is 5. The number of fused-ring (bicyclic) bond motifs is 8. The predicted molar refractivity (Wildman–Crippen MR) is 388 cm³/mol. The van der Waals surface area contributed by atoms with Crippen LogP contribution in [0, 0.1) is 12.8 Å². The second-order valence-corrected chi connectivity index (χ2v) is 29.5. The number of nitrogens with two attached hydrogens (primary N) is 3. The minimum atomic E-state index is -2.18. The number of halogens is 2. The summed E-state index contributed by atoms with van der Waals surface area (Å²) in [4.78, 5) is 120. The van der Waals surface area contributed by atoms with Crippen LogP contribution in [0.25, 0.3) is 11.1 Å². The van der Waals surface area contributed by atoms with E-state index in [1.807, 2.05) is 13.8 Å². The van der Waals surface area contributed by atoms with Gasteiger partial charge >= 0.3 is 5.97 Å². The van der Waals surface area contributed by atoms with Crippen molar-refractivity contribution >= 4 is 82.3 Å². The fraction of sp³-hybridized carbons (Fsp3) is 0.417. The molecule has 6 aromatic rings. The highest BCUT2D eigenvalue weighted by Crippen LogP contribution is 2.50. The lowest BCUT2D eigenvalue weighted by atomic mass is 9.86. The number of phenolic OH excluding ortho intramolecular Hbond substituents is 3. The zero-order chi connectivity index (χ0) is 80.4. The molecule has 38 heteroatoms. The number of nitrogens with one attached hydrogen (secondary N) is 6. The first-order valence-electron chi connectivity index (χ1n) is 34.3. The number of ether oxygens (including phenoxy) is 6. The van der Waals surface area contributed by atoms with Gasteiger partial charge in [0.05, 0.1) is 46.7 Å². The number of likely N-dealkylation sites (N-methyl/N-ethyl adjacent to an activating group) is 1. The van der Waals surface area contributed by atoms with E-state index in [1.165, 1.54) is 76.3 Å². The molecule has 22 N–H and O–H groups in total. The largest absolute Gasteiger partial charge is 0.508 e. The van der Waals surface area contributed by atoms with Crippen LogP contribution in [0.15, 0.2) is 90.1 Å². The number of nitrogens with zero attached hydrogens (tertiary/aromatic N) is 2. The Bertz CT molecular complexity index is 4530. The molecule has 6 heterocycles. The first kappa shape index (κ1) is 82.6. The van der Waals surface area contributed by atoms with E-state index in [0.29, 0.717) is 5.69 Å². The monoisotopic (exact) mass is 1590 g/mol. The molecule has 0 radical (unpaired) electrons. The highest BCUT2D eigenvalue weighted by Gasteiger charge is 2.52. The molecule has 0 saturated carbocycles. The molecule has 590 valence electrons. The SMILES string of the molecule is CN[C@@H](CC(C)C)C(=O)N[C@@H](C(=O)N[C@@H](CC(N)=O)C(N)=O)[C@H](O)c1ccc(Oc2cc3cc(c2OC2OC(CSc4nc(C)cc(O)n4)C(O)C(O)C2OC2CC(C)(N)C(O)C(C)O2)Oc2ccc(cc2Cl)[C@@H](O)C2NC(=O)[C@H](NC(=O)[C@@H]3C)c3ccc(O)c(c3)-c3c(O)cc(O)cc3[C@H](C(=O)O)NC2=O)c(Cl)c1. The number of aryl methyl sites for hydroxylation is 1. The Hall–Kier alpha value is -9.93. The van der Waals surface area contributed by atoms with Crippen LogP contribution in [0.1, 0.15) is 118 Å². The molecule has 11 rings (SSSR count). The Balaban J connectivity index is 1.16. The molecule has 8 bridgehead atoms. The number of hydrogen-bond acceptors (Lipinski definition) is 28. The van der Waals surface area contributed by atoms with E-state index in [9.17, 15) is 79.8 Å². The van der Waals surface area contributed by atoms with Gasteiger partial charge in [0.15, 0.2) is 35.1 Å². The molecule has 0 spiro atoms. The van der Waals surface area contributed by atoms with Gasteiger partial charge < -0.3 is 129 Å². The van der Waals surface area contributed by atoms with Crippen molar-refractivity contribution in [1.82, 2.24) is 41.9 Å². The zero-order valence-corrected chi connectivity index (χ0v) is 62.1. The third-order valence-electron chi connectivity index (χ3n) is 18.8. The number of carboxylic acids is 1. The number of carbonyl (C=O) groups is 8. The van der Waals surface area contributed by atoms with Gasteiger partial charge in [-0.2, -0.15) is 4.98 Å². The summed E-state index contributed by atoms with van der Waals surface area (Å²) in [5.41, 5.74) is 14.4. The van der Waals surface area contributed by atoms with Crippen molar-refractivity contribution in [1.29, 1.82) is 0 Å². The van der Waals surface area contributed by atoms with Crippen LogP contribution >= 0.6 is 35.0 Å². The van der Waals surface area contributed by atoms with Crippen molar-refractivity contribution in [2.45, 2.75) is 175 Å². The molecule has 1 aromatic heterocycles. The minimum Gasteiger partial charge on any atom is -0.508 e. The van der Waals surface area contributed by atoms with Gasteiger partial charge in [-0.15, -0.1) is 0 Å². The maximum atomic E-state index is 15.4. The third kappa shape index (κ3) is 18.6. The van der Waals surface area contributed by atoms with E-state index in [0.717, 1.165) is 48.2 Å². The maximum Gasteiger partial charge on any atom is 0.330 e. The molecule has 2 saturated heterocycles. The average Bonchev–Trinajstić information content (AvgIpc) is 0.766. The summed E-state index contributed by atoms with van der Waals surface area (Å²) in [6.07, 6.45) is -17.7. The summed E-state index contributed by atoms with van der Waals surface area (Å²) in [5, 5.41) is 129.